The fourth-order valence-corrected chi connectivity index (χ4v) is 2.52. The maximum Gasteiger partial charge on any atom is 0.0909 e. The average Bonchev–Trinajstić information content (AvgIpc) is 2.48. The first-order chi connectivity index (χ1) is 10.5. The second kappa shape index (κ2) is 7.26. The van der Waals surface area contributed by atoms with E-state index in [-0.39, 0.29) is 0 Å². The van der Waals surface area contributed by atoms with Gasteiger partial charge >= 0.3 is 0 Å². The summed E-state index contributed by atoms with van der Waals surface area (Å²) >= 11 is 0. The number of nitrogens with zero attached hydrogens (tertiary/aromatic N) is 2. The van der Waals surface area contributed by atoms with Crippen molar-refractivity contribution in [3.05, 3.63) is 64.2 Å². The van der Waals surface area contributed by atoms with Crippen molar-refractivity contribution in [3.8, 4) is 0 Å². The summed E-state index contributed by atoms with van der Waals surface area (Å²) in [4.78, 5) is 6.74. The van der Waals surface area contributed by atoms with Crippen LogP contribution in [0.15, 0.2) is 41.4 Å². The zero-order chi connectivity index (χ0) is 16.1. The minimum Gasteiger partial charge on any atom is -0.366 e. The Hall–Kier alpha value is -2.09. The van der Waals surface area contributed by atoms with E-state index in [2.05, 4.69) is 74.0 Å². The fourth-order valence-electron chi connectivity index (χ4n) is 2.52. The highest BCUT2D eigenvalue weighted by atomic mass is 15.1. The van der Waals surface area contributed by atoms with Crippen molar-refractivity contribution in [1.82, 2.24) is 4.90 Å². The van der Waals surface area contributed by atoms with Crippen molar-refractivity contribution >= 4 is 12.0 Å². The van der Waals surface area contributed by atoms with Crippen molar-refractivity contribution in [2.75, 3.05) is 13.6 Å². The molecule has 0 saturated carbocycles. The summed E-state index contributed by atoms with van der Waals surface area (Å²) in [5.41, 5.74) is 7.63. The van der Waals surface area contributed by atoms with E-state index in [1.54, 1.807) is 0 Å². The van der Waals surface area contributed by atoms with Gasteiger partial charge in [-0.15, -0.1) is 0 Å². The summed E-state index contributed by atoms with van der Waals surface area (Å²) in [7, 11) is 2.04. The van der Waals surface area contributed by atoms with Crippen LogP contribution in [-0.4, -0.2) is 24.8 Å². The number of aryl methyl sites for hydroxylation is 2. The summed E-state index contributed by atoms with van der Waals surface area (Å²) in [5, 5.41) is 0. The minimum absolute atomic E-state index is 0.960. The molecule has 0 atom stereocenters. The van der Waals surface area contributed by atoms with E-state index in [1.165, 1.54) is 27.8 Å². The first-order valence-electron chi connectivity index (χ1n) is 7.89. The Morgan fingerprint density at radius 1 is 1.05 bits per heavy atom. The zero-order valence-corrected chi connectivity index (χ0v) is 14.4. The van der Waals surface area contributed by atoms with E-state index in [0.29, 0.717) is 0 Å². The molecule has 0 aliphatic carbocycles. The molecule has 0 unspecified atom stereocenters. The third-order valence-corrected chi connectivity index (χ3v) is 4.00. The van der Waals surface area contributed by atoms with Gasteiger partial charge in [0, 0.05) is 13.6 Å². The van der Waals surface area contributed by atoms with Crippen molar-refractivity contribution in [3.63, 3.8) is 0 Å². The van der Waals surface area contributed by atoms with E-state index < -0.39 is 0 Å². The van der Waals surface area contributed by atoms with Crippen LogP contribution in [0.1, 0.15) is 34.7 Å². The number of rotatable bonds is 5. The Balaban J connectivity index is 2.32. The second-order valence-corrected chi connectivity index (χ2v) is 6.05. The van der Waals surface area contributed by atoms with Crippen molar-refractivity contribution < 1.29 is 0 Å². The van der Waals surface area contributed by atoms with Gasteiger partial charge in [0.15, 0.2) is 0 Å². The standard InChI is InChI=1S/C20H26N2/c1-6-22(5)14-21-20-12-16(3)11-19(17(20)4)13-18-9-7-8-15(2)10-18/h7-12,14H,6,13H2,1-5H3. The van der Waals surface area contributed by atoms with Crippen LogP contribution in [0.25, 0.3) is 0 Å². The van der Waals surface area contributed by atoms with Gasteiger partial charge in [0.05, 0.1) is 12.0 Å². The molecule has 2 nitrogen and oxygen atoms in total. The number of hydrogen-bond donors (Lipinski definition) is 0. The lowest BCUT2D eigenvalue weighted by Crippen LogP contribution is -2.14. The van der Waals surface area contributed by atoms with Gasteiger partial charge in [-0.25, -0.2) is 4.99 Å². The summed E-state index contributed by atoms with van der Waals surface area (Å²) in [6.07, 6.45) is 2.87. The van der Waals surface area contributed by atoms with E-state index in [4.69, 9.17) is 0 Å². The van der Waals surface area contributed by atoms with Crippen molar-refractivity contribution in [2.24, 2.45) is 4.99 Å². The van der Waals surface area contributed by atoms with Crippen LogP contribution < -0.4 is 0 Å². The van der Waals surface area contributed by atoms with Crippen LogP contribution in [0.4, 0.5) is 5.69 Å². The molecule has 0 heterocycles. The van der Waals surface area contributed by atoms with Crippen molar-refractivity contribution in [1.29, 1.82) is 0 Å². The maximum absolute atomic E-state index is 4.66. The Kier molecular flexibility index (Phi) is 5.37. The summed E-state index contributed by atoms with van der Waals surface area (Å²) in [6, 6.07) is 13.2. The predicted molar refractivity (Wildman–Crippen MR) is 96.4 cm³/mol. The Morgan fingerprint density at radius 2 is 1.82 bits per heavy atom. The van der Waals surface area contributed by atoms with Gasteiger partial charge in [-0.05, 0) is 62.4 Å². The number of benzene rings is 2. The molecular weight excluding hydrogens is 268 g/mol. The van der Waals surface area contributed by atoms with Gasteiger partial charge in [0.2, 0.25) is 0 Å². The molecule has 0 spiro atoms. The molecule has 0 bridgehead atoms. The van der Waals surface area contributed by atoms with Crippen LogP contribution in [0, 0.1) is 20.8 Å². The second-order valence-electron chi connectivity index (χ2n) is 6.05. The Morgan fingerprint density at radius 3 is 2.50 bits per heavy atom. The summed E-state index contributed by atoms with van der Waals surface area (Å²) < 4.78 is 0. The van der Waals surface area contributed by atoms with Gasteiger partial charge in [0.1, 0.15) is 0 Å². The highest BCUT2D eigenvalue weighted by Crippen LogP contribution is 2.26. The van der Waals surface area contributed by atoms with Crippen LogP contribution in [-0.2, 0) is 6.42 Å². The lowest BCUT2D eigenvalue weighted by molar-refractivity contribution is 0.552. The molecule has 0 saturated heterocycles. The van der Waals surface area contributed by atoms with Crippen LogP contribution >= 0.6 is 0 Å². The topological polar surface area (TPSA) is 15.6 Å². The van der Waals surface area contributed by atoms with E-state index >= 15 is 0 Å². The Bertz CT molecular complexity index is 671. The SMILES string of the molecule is CCN(C)C=Nc1cc(C)cc(Cc2cccc(C)c2)c1C. The molecule has 2 aromatic rings. The molecular formula is C20H26N2. The lowest BCUT2D eigenvalue weighted by atomic mass is 9.96. The normalized spacial score (nSPS) is 11.1. The highest BCUT2D eigenvalue weighted by molar-refractivity contribution is 5.64. The monoisotopic (exact) mass is 294 g/mol. The number of hydrogen-bond acceptors (Lipinski definition) is 1. The number of aliphatic imine (C=N–C) groups is 1. The third-order valence-electron chi connectivity index (χ3n) is 4.00. The molecule has 2 aromatic carbocycles. The zero-order valence-electron chi connectivity index (χ0n) is 14.4. The molecule has 0 radical (unpaired) electrons. The molecule has 0 aliphatic rings. The first-order valence-corrected chi connectivity index (χ1v) is 7.89. The van der Waals surface area contributed by atoms with Gasteiger partial charge in [0.25, 0.3) is 0 Å². The van der Waals surface area contributed by atoms with Crippen LogP contribution in [0.2, 0.25) is 0 Å². The van der Waals surface area contributed by atoms with Gasteiger partial charge in [-0.2, -0.15) is 0 Å². The largest absolute Gasteiger partial charge is 0.366 e. The van der Waals surface area contributed by atoms with Gasteiger partial charge < -0.3 is 4.90 Å². The third kappa shape index (κ3) is 4.20. The molecule has 0 N–H and O–H groups in total. The molecule has 0 aromatic heterocycles. The quantitative estimate of drug-likeness (QED) is 0.570. The van der Waals surface area contributed by atoms with Crippen LogP contribution in [0.3, 0.4) is 0 Å². The first kappa shape index (κ1) is 16.3. The van der Waals surface area contributed by atoms with Crippen molar-refractivity contribution in [2.45, 2.75) is 34.1 Å². The smallest absolute Gasteiger partial charge is 0.0909 e. The fraction of sp³-hybridized carbons (Fsp3) is 0.350. The molecule has 22 heavy (non-hydrogen) atoms. The molecule has 0 amide bonds. The van der Waals surface area contributed by atoms with E-state index in [9.17, 15) is 0 Å². The molecule has 116 valence electrons. The minimum atomic E-state index is 0.960. The highest BCUT2D eigenvalue weighted by Gasteiger charge is 2.06. The summed E-state index contributed by atoms with van der Waals surface area (Å²) in [6.45, 7) is 9.54. The van der Waals surface area contributed by atoms with E-state index in [1.807, 2.05) is 13.4 Å². The Labute approximate surface area is 134 Å². The molecule has 2 rings (SSSR count). The summed E-state index contributed by atoms with van der Waals surface area (Å²) in [5.74, 6) is 0. The lowest BCUT2D eigenvalue weighted by Gasteiger charge is -2.13. The maximum atomic E-state index is 4.66. The van der Waals surface area contributed by atoms with E-state index in [0.717, 1.165) is 18.7 Å². The van der Waals surface area contributed by atoms with Gasteiger partial charge in [-0.1, -0.05) is 35.9 Å². The molecule has 0 fully saturated rings. The molecule has 2 heteroatoms. The van der Waals surface area contributed by atoms with Gasteiger partial charge in [-0.3, -0.25) is 0 Å². The molecule has 0 aliphatic heterocycles. The average molecular weight is 294 g/mol. The van der Waals surface area contributed by atoms with Crippen LogP contribution in [0.5, 0.6) is 0 Å². The predicted octanol–water partition coefficient (Wildman–Crippen LogP) is 4.81.